The highest BCUT2D eigenvalue weighted by atomic mass is 16.6. The fraction of sp³-hybridized carbons (Fsp3) is 0.562. The molecule has 5 nitrogen and oxygen atoms in total. The Bertz CT molecular complexity index is 518. The van der Waals surface area contributed by atoms with Gasteiger partial charge in [-0.05, 0) is 37.9 Å². The zero-order valence-electron chi connectivity index (χ0n) is 12.4. The van der Waals surface area contributed by atoms with Gasteiger partial charge in [-0.3, -0.25) is 4.79 Å². The molecule has 0 aliphatic carbocycles. The summed E-state index contributed by atoms with van der Waals surface area (Å²) in [5, 5.41) is 3.34. The van der Waals surface area contributed by atoms with Crippen molar-refractivity contribution in [1.29, 1.82) is 0 Å². The van der Waals surface area contributed by atoms with Crippen LogP contribution in [0.15, 0.2) is 18.2 Å². The Morgan fingerprint density at radius 3 is 2.90 bits per heavy atom. The molecule has 21 heavy (non-hydrogen) atoms. The molecule has 1 aromatic carbocycles. The highest BCUT2D eigenvalue weighted by Crippen LogP contribution is 2.35. The van der Waals surface area contributed by atoms with Gasteiger partial charge in [-0.15, -0.1) is 0 Å². The van der Waals surface area contributed by atoms with Crippen molar-refractivity contribution in [3.8, 4) is 11.5 Å². The number of anilines is 1. The van der Waals surface area contributed by atoms with E-state index in [9.17, 15) is 4.79 Å². The molecule has 1 unspecified atom stereocenters. The number of rotatable bonds is 4. The third kappa shape index (κ3) is 2.97. The predicted octanol–water partition coefficient (Wildman–Crippen LogP) is 1.95. The predicted molar refractivity (Wildman–Crippen MR) is 81.1 cm³/mol. The molecule has 114 valence electrons. The molecular weight excluding hydrogens is 268 g/mol. The van der Waals surface area contributed by atoms with E-state index in [4.69, 9.17) is 9.47 Å². The van der Waals surface area contributed by atoms with E-state index in [2.05, 4.69) is 12.2 Å². The molecule has 1 atom stereocenters. The second-order valence-corrected chi connectivity index (χ2v) is 5.47. The standard InChI is InChI=1S/C16H22N2O3/c1-2-7-17-13-4-3-8-18(16(13)19)12-5-6-14-15(11-12)21-10-9-20-14/h5-6,11,13,17H,2-4,7-10H2,1H3. The minimum atomic E-state index is -0.0631. The summed E-state index contributed by atoms with van der Waals surface area (Å²) in [7, 11) is 0. The zero-order valence-corrected chi connectivity index (χ0v) is 12.4. The van der Waals surface area contributed by atoms with Crippen LogP contribution < -0.4 is 19.7 Å². The number of hydrogen-bond donors (Lipinski definition) is 1. The van der Waals surface area contributed by atoms with Crippen molar-refractivity contribution in [2.24, 2.45) is 0 Å². The second-order valence-electron chi connectivity index (χ2n) is 5.47. The Hall–Kier alpha value is -1.75. The van der Waals surface area contributed by atoms with Crippen molar-refractivity contribution in [1.82, 2.24) is 5.32 Å². The molecule has 2 aliphatic heterocycles. The summed E-state index contributed by atoms with van der Waals surface area (Å²) in [6, 6.07) is 5.68. The molecule has 0 bridgehead atoms. The van der Waals surface area contributed by atoms with Crippen LogP contribution in [-0.4, -0.2) is 38.3 Å². The van der Waals surface area contributed by atoms with Crippen LogP contribution in [0.4, 0.5) is 5.69 Å². The summed E-state index contributed by atoms with van der Waals surface area (Å²) >= 11 is 0. The molecule has 3 rings (SSSR count). The van der Waals surface area contributed by atoms with Gasteiger partial charge >= 0.3 is 0 Å². The van der Waals surface area contributed by atoms with Crippen molar-refractivity contribution in [2.75, 3.05) is 31.2 Å². The first-order valence-corrected chi connectivity index (χ1v) is 7.74. The Morgan fingerprint density at radius 2 is 2.10 bits per heavy atom. The van der Waals surface area contributed by atoms with Gasteiger partial charge in [-0.1, -0.05) is 6.92 Å². The van der Waals surface area contributed by atoms with Crippen LogP contribution in [0.5, 0.6) is 11.5 Å². The molecule has 2 aliphatic rings. The van der Waals surface area contributed by atoms with E-state index in [-0.39, 0.29) is 11.9 Å². The fourth-order valence-electron chi connectivity index (χ4n) is 2.84. The smallest absolute Gasteiger partial charge is 0.244 e. The molecule has 1 saturated heterocycles. The van der Waals surface area contributed by atoms with Crippen LogP contribution in [0.3, 0.4) is 0 Å². The highest BCUT2D eigenvalue weighted by molar-refractivity contribution is 5.98. The van der Waals surface area contributed by atoms with Gasteiger partial charge in [0.05, 0.1) is 6.04 Å². The van der Waals surface area contributed by atoms with E-state index >= 15 is 0 Å². The van der Waals surface area contributed by atoms with Crippen molar-refractivity contribution < 1.29 is 14.3 Å². The van der Waals surface area contributed by atoms with Crippen LogP contribution in [0, 0.1) is 0 Å². The number of nitrogens with zero attached hydrogens (tertiary/aromatic N) is 1. The summed E-state index contributed by atoms with van der Waals surface area (Å²) in [4.78, 5) is 14.4. The Morgan fingerprint density at radius 1 is 1.29 bits per heavy atom. The van der Waals surface area contributed by atoms with Gasteiger partial charge in [-0.2, -0.15) is 0 Å². The largest absolute Gasteiger partial charge is 0.486 e. The molecule has 0 radical (unpaired) electrons. The monoisotopic (exact) mass is 290 g/mol. The van der Waals surface area contributed by atoms with Crippen molar-refractivity contribution in [3.63, 3.8) is 0 Å². The average Bonchev–Trinajstić information content (AvgIpc) is 2.53. The van der Waals surface area contributed by atoms with E-state index in [1.807, 2.05) is 23.1 Å². The van der Waals surface area contributed by atoms with Crippen LogP contribution in [0.1, 0.15) is 26.2 Å². The molecule has 1 aromatic rings. The maximum atomic E-state index is 12.6. The van der Waals surface area contributed by atoms with E-state index in [1.54, 1.807) is 0 Å². The molecular formula is C16H22N2O3. The van der Waals surface area contributed by atoms with Crippen LogP contribution in [0.2, 0.25) is 0 Å². The Kier molecular flexibility index (Phi) is 4.29. The molecule has 0 spiro atoms. The minimum absolute atomic E-state index is 0.0631. The van der Waals surface area contributed by atoms with E-state index in [1.165, 1.54) is 0 Å². The molecule has 2 heterocycles. The van der Waals surface area contributed by atoms with Crippen LogP contribution in [-0.2, 0) is 4.79 Å². The second kappa shape index (κ2) is 6.35. The van der Waals surface area contributed by atoms with E-state index < -0.39 is 0 Å². The lowest BCUT2D eigenvalue weighted by Gasteiger charge is -2.33. The summed E-state index contributed by atoms with van der Waals surface area (Å²) < 4.78 is 11.1. The van der Waals surface area contributed by atoms with Gasteiger partial charge < -0.3 is 19.7 Å². The molecule has 0 saturated carbocycles. The zero-order chi connectivity index (χ0) is 14.7. The van der Waals surface area contributed by atoms with E-state index in [0.29, 0.717) is 13.2 Å². The van der Waals surface area contributed by atoms with Gasteiger partial charge in [0, 0.05) is 18.3 Å². The summed E-state index contributed by atoms with van der Waals surface area (Å²) in [5.41, 5.74) is 0.896. The number of piperidine rings is 1. The quantitative estimate of drug-likeness (QED) is 0.921. The lowest BCUT2D eigenvalue weighted by molar-refractivity contribution is -0.121. The lowest BCUT2D eigenvalue weighted by Crippen LogP contribution is -2.51. The van der Waals surface area contributed by atoms with Crippen LogP contribution in [0.25, 0.3) is 0 Å². The number of nitrogens with one attached hydrogen (secondary N) is 1. The normalized spacial score (nSPS) is 21.5. The highest BCUT2D eigenvalue weighted by Gasteiger charge is 2.29. The third-order valence-electron chi connectivity index (χ3n) is 3.92. The van der Waals surface area contributed by atoms with Gasteiger partial charge in [0.1, 0.15) is 13.2 Å². The average molecular weight is 290 g/mol. The summed E-state index contributed by atoms with van der Waals surface area (Å²) in [6.45, 7) is 4.90. The molecule has 1 amide bonds. The van der Waals surface area contributed by atoms with Crippen LogP contribution >= 0.6 is 0 Å². The van der Waals surface area contributed by atoms with Gasteiger partial charge in [0.15, 0.2) is 11.5 Å². The van der Waals surface area contributed by atoms with Crippen molar-refractivity contribution in [3.05, 3.63) is 18.2 Å². The minimum Gasteiger partial charge on any atom is -0.486 e. The topological polar surface area (TPSA) is 50.8 Å². The van der Waals surface area contributed by atoms with Gasteiger partial charge in [-0.25, -0.2) is 0 Å². The fourth-order valence-corrected chi connectivity index (χ4v) is 2.84. The Balaban J connectivity index is 1.77. The molecule has 0 aromatic heterocycles. The number of ether oxygens (including phenoxy) is 2. The number of carbonyl (C=O) groups is 1. The van der Waals surface area contributed by atoms with Gasteiger partial charge in [0.2, 0.25) is 5.91 Å². The molecule has 1 N–H and O–H groups in total. The number of benzene rings is 1. The summed E-state index contributed by atoms with van der Waals surface area (Å²) in [6.07, 6.45) is 2.97. The molecule has 5 heteroatoms. The number of fused-ring (bicyclic) bond motifs is 1. The maximum Gasteiger partial charge on any atom is 0.244 e. The molecule has 1 fully saturated rings. The summed E-state index contributed by atoms with van der Waals surface area (Å²) in [5.74, 6) is 1.65. The lowest BCUT2D eigenvalue weighted by atomic mass is 10.0. The maximum absolute atomic E-state index is 12.6. The number of carbonyl (C=O) groups excluding carboxylic acids is 1. The Labute approximate surface area is 125 Å². The SMILES string of the molecule is CCCNC1CCCN(c2ccc3c(c2)OCCO3)C1=O. The first kappa shape index (κ1) is 14.2. The first-order chi connectivity index (χ1) is 10.3. The van der Waals surface area contributed by atoms with Crippen molar-refractivity contribution >= 4 is 11.6 Å². The van der Waals surface area contributed by atoms with Crippen molar-refractivity contribution in [2.45, 2.75) is 32.2 Å². The number of hydrogen-bond acceptors (Lipinski definition) is 4. The first-order valence-electron chi connectivity index (χ1n) is 7.74. The number of amides is 1. The van der Waals surface area contributed by atoms with E-state index in [0.717, 1.165) is 49.5 Å². The third-order valence-corrected chi connectivity index (χ3v) is 3.92. The van der Waals surface area contributed by atoms with Gasteiger partial charge in [0.25, 0.3) is 0 Å².